The zero-order valence-corrected chi connectivity index (χ0v) is 19.8. The van der Waals surface area contributed by atoms with Crippen LogP contribution in [0.25, 0.3) is 6.08 Å². The van der Waals surface area contributed by atoms with Crippen LogP contribution in [0, 0.1) is 0 Å². The lowest BCUT2D eigenvalue weighted by Crippen LogP contribution is -2.35. The SMILES string of the molecule is CC(C)(C)c1cc(/C=C2\SC(=S)N(C[C@H]3CCCO3)C2=O)cc(C(C)(C)C)c1O. The summed E-state index contributed by atoms with van der Waals surface area (Å²) in [4.78, 5) is 15.3. The molecule has 2 heterocycles. The van der Waals surface area contributed by atoms with Crippen LogP contribution in [0.1, 0.15) is 71.1 Å². The molecule has 6 heteroatoms. The van der Waals surface area contributed by atoms with Crippen molar-refractivity contribution in [3.63, 3.8) is 0 Å². The van der Waals surface area contributed by atoms with E-state index in [0.717, 1.165) is 36.1 Å². The van der Waals surface area contributed by atoms with E-state index in [4.69, 9.17) is 17.0 Å². The lowest BCUT2D eigenvalue weighted by Gasteiger charge is -2.28. The van der Waals surface area contributed by atoms with Crippen LogP contribution >= 0.6 is 24.0 Å². The van der Waals surface area contributed by atoms with Crippen LogP contribution in [0.5, 0.6) is 5.75 Å². The smallest absolute Gasteiger partial charge is 0.266 e. The van der Waals surface area contributed by atoms with Crippen molar-refractivity contribution in [3.8, 4) is 5.75 Å². The molecule has 1 atom stereocenters. The summed E-state index contributed by atoms with van der Waals surface area (Å²) in [5.74, 6) is 0.284. The molecule has 1 aromatic carbocycles. The van der Waals surface area contributed by atoms with Crippen molar-refractivity contribution in [3.05, 3.63) is 33.7 Å². The van der Waals surface area contributed by atoms with Gasteiger partial charge in [-0.2, -0.15) is 0 Å². The number of hydrogen-bond acceptors (Lipinski definition) is 5. The summed E-state index contributed by atoms with van der Waals surface area (Å²) in [5.41, 5.74) is 2.24. The number of thioether (sulfide) groups is 1. The van der Waals surface area contributed by atoms with Crippen LogP contribution < -0.4 is 0 Å². The summed E-state index contributed by atoms with van der Waals surface area (Å²) in [6.45, 7) is 13.8. The molecular weight excluding hydrogens is 402 g/mol. The molecule has 158 valence electrons. The topological polar surface area (TPSA) is 49.8 Å². The number of rotatable bonds is 3. The number of benzene rings is 1. The minimum Gasteiger partial charge on any atom is -0.507 e. The van der Waals surface area contributed by atoms with Crippen molar-refractivity contribution < 1.29 is 14.6 Å². The summed E-state index contributed by atoms with van der Waals surface area (Å²) in [5, 5.41) is 10.9. The summed E-state index contributed by atoms with van der Waals surface area (Å²) < 4.78 is 6.26. The quantitative estimate of drug-likeness (QED) is 0.513. The van der Waals surface area contributed by atoms with Gasteiger partial charge in [0.2, 0.25) is 0 Å². The average Bonchev–Trinajstić information content (AvgIpc) is 3.18. The van der Waals surface area contributed by atoms with Crippen molar-refractivity contribution in [2.45, 2.75) is 71.3 Å². The molecule has 0 aliphatic carbocycles. The molecule has 2 saturated heterocycles. The first-order valence-electron chi connectivity index (χ1n) is 10.1. The predicted molar refractivity (Wildman–Crippen MR) is 124 cm³/mol. The van der Waals surface area contributed by atoms with Gasteiger partial charge < -0.3 is 9.84 Å². The zero-order chi connectivity index (χ0) is 21.6. The summed E-state index contributed by atoms with van der Waals surface area (Å²) in [6.07, 6.45) is 3.98. The molecule has 0 saturated carbocycles. The molecular formula is C23H31NO3S2. The minimum absolute atomic E-state index is 0.0572. The Bertz CT molecular complexity index is 821. The highest BCUT2D eigenvalue weighted by molar-refractivity contribution is 8.26. The molecule has 2 fully saturated rings. The molecule has 3 rings (SSSR count). The van der Waals surface area contributed by atoms with Crippen LogP contribution in [0.4, 0.5) is 0 Å². The van der Waals surface area contributed by atoms with E-state index in [1.54, 1.807) is 4.90 Å². The monoisotopic (exact) mass is 433 g/mol. The van der Waals surface area contributed by atoms with E-state index < -0.39 is 0 Å². The highest BCUT2D eigenvalue weighted by Gasteiger charge is 2.35. The van der Waals surface area contributed by atoms with Gasteiger partial charge in [-0.25, -0.2) is 0 Å². The molecule has 2 aliphatic heterocycles. The van der Waals surface area contributed by atoms with Gasteiger partial charge in [0.1, 0.15) is 10.1 Å². The Morgan fingerprint density at radius 2 is 1.79 bits per heavy atom. The van der Waals surface area contributed by atoms with Crippen LogP contribution in [-0.2, 0) is 20.4 Å². The first-order valence-corrected chi connectivity index (χ1v) is 11.4. The largest absolute Gasteiger partial charge is 0.507 e. The molecule has 1 amide bonds. The maximum Gasteiger partial charge on any atom is 0.266 e. The highest BCUT2D eigenvalue weighted by atomic mass is 32.2. The first kappa shape index (κ1) is 22.3. The van der Waals surface area contributed by atoms with Gasteiger partial charge in [0.05, 0.1) is 17.6 Å². The fraction of sp³-hybridized carbons (Fsp3) is 0.565. The second-order valence-electron chi connectivity index (χ2n) is 9.89. The molecule has 0 bridgehead atoms. The van der Waals surface area contributed by atoms with Crippen LogP contribution in [0.3, 0.4) is 0 Å². The van der Waals surface area contributed by atoms with Gasteiger partial charge in [0, 0.05) is 17.7 Å². The van der Waals surface area contributed by atoms with Gasteiger partial charge in [-0.15, -0.1) is 0 Å². The maximum atomic E-state index is 13.0. The highest BCUT2D eigenvalue weighted by Crippen LogP contribution is 2.41. The average molecular weight is 434 g/mol. The molecule has 0 unspecified atom stereocenters. The van der Waals surface area contributed by atoms with E-state index in [0.29, 0.717) is 21.5 Å². The third kappa shape index (κ3) is 4.86. The number of carbonyl (C=O) groups excluding carboxylic acids is 1. The van der Waals surface area contributed by atoms with E-state index in [2.05, 4.69) is 41.5 Å². The summed E-state index contributed by atoms with van der Waals surface area (Å²) >= 11 is 6.81. The number of ether oxygens (including phenoxy) is 1. The van der Waals surface area contributed by atoms with Gasteiger partial charge in [0.25, 0.3) is 5.91 Å². The van der Waals surface area contributed by atoms with E-state index in [1.807, 2.05) is 18.2 Å². The Kier molecular flexibility index (Phi) is 6.19. The molecule has 0 spiro atoms. The third-order valence-corrected chi connectivity index (χ3v) is 6.71. The van der Waals surface area contributed by atoms with Crippen LogP contribution in [0.2, 0.25) is 0 Å². The Balaban J connectivity index is 1.97. The van der Waals surface area contributed by atoms with Crippen molar-refractivity contribution in [1.82, 2.24) is 4.90 Å². The van der Waals surface area contributed by atoms with Crippen molar-refractivity contribution in [2.24, 2.45) is 0 Å². The first-order chi connectivity index (χ1) is 13.4. The second kappa shape index (κ2) is 8.05. The van der Waals surface area contributed by atoms with E-state index in [9.17, 15) is 9.90 Å². The van der Waals surface area contributed by atoms with E-state index in [1.165, 1.54) is 11.8 Å². The Labute approximate surface area is 183 Å². The normalized spacial score (nSPS) is 22.2. The number of phenols is 1. The molecule has 0 radical (unpaired) electrons. The Morgan fingerprint density at radius 1 is 1.21 bits per heavy atom. The molecule has 2 aliphatic rings. The number of thiocarbonyl (C=S) groups is 1. The number of hydrogen-bond donors (Lipinski definition) is 1. The zero-order valence-electron chi connectivity index (χ0n) is 18.2. The predicted octanol–water partition coefficient (Wildman–Crippen LogP) is 5.37. The van der Waals surface area contributed by atoms with Gasteiger partial charge in [-0.05, 0) is 47.4 Å². The van der Waals surface area contributed by atoms with E-state index in [-0.39, 0.29) is 22.8 Å². The number of aromatic hydroxyl groups is 1. The summed E-state index contributed by atoms with van der Waals surface area (Å²) in [6, 6.07) is 3.97. The standard InChI is InChI=1S/C23H31NO3S2/c1-22(2,3)16-10-14(11-17(19(16)25)23(4,5)6)12-18-20(26)24(21(28)29-18)13-15-8-7-9-27-15/h10-12,15,25H,7-9,13H2,1-6H3/b18-12-/t15-/m1/s1. The minimum atomic E-state index is -0.216. The van der Waals surface area contributed by atoms with Crippen molar-refractivity contribution >= 4 is 40.3 Å². The fourth-order valence-corrected chi connectivity index (χ4v) is 4.96. The molecule has 29 heavy (non-hydrogen) atoms. The lowest BCUT2D eigenvalue weighted by molar-refractivity contribution is -0.123. The molecule has 1 N–H and O–H groups in total. The Hall–Kier alpha value is -1.37. The number of phenolic OH excluding ortho intramolecular Hbond substituents is 1. The van der Waals surface area contributed by atoms with Crippen LogP contribution in [-0.4, -0.2) is 39.5 Å². The maximum absolute atomic E-state index is 13.0. The fourth-order valence-electron chi connectivity index (χ4n) is 3.68. The van der Waals surface area contributed by atoms with E-state index >= 15 is 0 Å². The van der Waals surface area contributed by atoms with Gasteiger partial charge in [0.15, 0.2) is 0 Å². The number of carbonyl (C=O) groups is 1. The third-order valence-electron chi connectivity index (χ3n) is 5.33. The lowest BCUT2D eigenvalue weighted by atomic mass is 9.78. The van der Waals surface area contributed by atoms with Gasteiger partial charge in [-0.3, -0.25) is 9.69 Å². The second-order valence-corrected chi connectivity index (χ2v) is 11.6. The molecule has 4 nitrogen and oxygen atoms in total. The summed E-state index contributed by atoms with van der Waals surface area (Å²) in [7, 11) is 0. The van der Waals surface area contributed by atoms with Crippen LogP contribution in [0.15, 0.2) is 17.0 Å². The number of nitrogens with zero attached hydrogens (tertiary/aromatic N) is 1. The molecule has 0 aromatic heterocycles. The van der Waals surface area contributed by atoms with Gasteiger partial charge >= 0.3 is 0 Å². The van der Waals surface area contributed by atoms with Crippen molar-refractivity contribution in [1.29, 1.82) is 0 Å². The molecule has 1 aromatic rings. The van der Waals surface area contributed by atoms with Crippen molar-refractivity contribution in [2.75, 3.05) is 13.2 Å². The number of amides is 1. The van der Waals surface area contributed by atoms with Gasteiger partial charge in [-0.1, -0.05) is 65.5 Å². The Morgan fingerprint density at radius 3 is 2.28 bits per heavy atom.